The molecule has 5 nitrogen and oxygen atoms in total. The van der Waals surface area contributed by atoms with E-state index < -0.39 is 0 Å². The van der Waals surface area contributed by atoms with Gasteiger partial charge >= 0.3 is 0 Å². The summed E-state index contributed by atoms with van der Waals surface area (Å²) in [5, 5.41) is 4.15. The maximum Gasteiger partial charge on any atom is 0.251 e. The first-order valence-corrected chi connectivity index (χ1v) is 10.3. The fourth-order valence-electron chi connectivity index (χ4n) is 3.71. The van der Waals surface area contributed by atoms with Crippen LogP contribution in [0.4, 0.5) is 5.13 Å². The molecule has 0 unspecified atom stereocenters. The van der Waals surface area contributed by atoms with Gasteiger partial charge in [0.05, 0.1) is 10.2 Å². The molecular formula is C19H26N4OS. The number of nitrogens with zero attached hydrogens (tertiary/aromatic N) is 3. The number of rotatable bonds is 5. The second kappa shape index (κ2) is 7.70. The zero-order valence-corrected chi connectivity index (χ0v) is 15.5. The average Bonchev–Trinajstić information content (AvgIpc) is 3.31. The number of thiazole rings is 1. The van der Waals surface area contributed by atoms with Gasteiger partial charge in [-0.05, 0) is 63.4 Å². The van der Waals surface area contributed by atoms with Gasteiger partial charge in [0.1, 0.15) is 0 Å². The van der Waals surface area contributed by atoms with Gasteiger partial charge in [-0.15, -0.1) is 0 Å². The molecule has 1 aromatic heterocycles. The maximum absolute atomic E-state index is 12.4. The number of carbonyl (C=O) groups is 1. The van der Waals surface area contributed by atoms with Crippen molar-refractivity contribution in [2.75, 3.05) is 44.2 Å². The van der Waals surface area contributed by atoms with E-state index in [4.69, 9.17) is 4.98 Å². The standard InChI is InChI=1S/C19H26N4OS/c24-18(20-8-13-22-9-4-5-10-22)15-6-7-16-17(14-15)25-19(21-16)23-11-2-1-3-12-23/h6-7,14H,1-5,8-13H2,(H,20,24). The molecule has 0 atom stereocenters. The minimum absolute atomic E-state index is 0.0222. The summed E-state index contributed by atoms with van der Waals surface area (Å²) in [6, 6.07) is 5.87. The molecule has 0 radical (unpaired) electrons. The molecule has 2 fully saturated rings. The minimum Gasteiger partial charge on any atom is -0.351 e. The lowest BCUT2D eigenvalue weighted by Gasteiger charge is -2.25. The number of hydrogen-bond acceptors (Lipinski definition) is 5. The molecule has 2 aromatic rings. The monoisotopic (exact) mass is 358 g/mol. The van der Waals surface area contributed by atoms with Crippen molar-refractivity contribution in [2.45, 2.75) is 32.1 Å². The summed E-state index contributed by atoms with van der Waals surface area (Å²) in [7, 11) is 0. The Kier molecular flexibility index (Phi) is 5.17. The number of hydrogen-bond donors (Lipinski definition) is 1. The van der Waals surface area contributed by atoms with Crippen molar-refractivity contribution in [3.63, 3.8) is 0 Å². The van der Waals surface area contributed by atoms with Crippen LogP contribution in [0.1, 0.15) is 42.5 Å². The molecule has 2 aliphatic heterocycles. The van der Waals surface area contributed by atoms with Gasteiger partial charge in [-0.25, -0.2) is 4.98 Å². The minimum atomic E-state index is 0.0222. The van der Waals surface area contributed by atoms with Crippen molar-refractivity contribution >= 4 is 32.6 Å². The van der Waals surface area contributed by atoms with Crippen LogP contribution < -0.4 is 10.2 Å². The Balaban J connectivity index is 1.40. The lowest BCUT2D eigenvalue weighted by atomic mass is 10.1. The topological polar surface area (TPSA) is 48.5 Å². The summed E-state index contributed by atoms with van der Waals surface area (Å²) in [4.78, 5) is 22.0. The highest BCUT2D eigenvalue weighted by molar-refractivity contribution is 7.22. The quantitative estimate of drug-likeness (QED) is 0.892. The normalized spacial score (nSPS) is 18.8. The third-order valence-electron chi connectivity index (χ3n) is 5.18. The van der Waals surface area contributed by atoms with E-state index in [0.717, 1.165) is 47.1 Å². The number of anilines is 1. The molecule has 1 N–H and O–H groups in total. The van der Waals surface area contributed by atoms with E-state index in [2.05, 4.69) is 15.1 Å². The number of fused-ring (bicyclic) bond motifs is 1. The lowest BCUT2D eigenvalue weighted by molar-refractivity contribution is 0.0950. The van der Waals surface area contributed by atoms with Crippen LogP contribution in [0, 0.1) is 0 Å². The molecule has 4 rings (SSSR count). The average molecular weight is 359 g/mol. The zero-order valence-electron chi connectivity index (χ0n) is 14.7. The molecule has 0 aliphatic carbocycles. The third kappa shape index (κ3) is 3.96. The predicted molar refractivity (Wildman–Crippen MR) is 104 cm³/mol. The van der Waals surface area contributed by atoms with Crippen LogP contribution in [0.2, 0.25) is 0 Å². The molecule has 0 saturated carbocycles. The maximum atomic E-state index is 12.4. The van der Waals surface area contributed by atoms with E-state index in [1.165, 1.54) is 45.2 Å². The molecule has 6 heteroatoms. The number of carbonyl (C=O) groups excluding carboxylic acids is 1. The highest BCUT2D eigenvalue weighted by Gasteiger charge is 2.16. The summed E-state index contributed by atoms with van der Waals surface area (Å²) < 4.78 is 1.10. The van der Waals surface area contributed by atoms with Crippen molar-refractivity contribution in [3.8, 4) is 0 Å². The largest absolute Gasteiger partial charge is 0.351 e. The molecule has 2 aliphatic rings. The van der Waals surface area contributed by atoms with Crippen molar-refractivity contribution < 1.29 is 4.79 Å². The van der Waals surface area contributed by atoms with Gasteiger partial charge in [-0.3, -0.25) is 4.79 Å². The zero-order chi connectivity index (χ0) is 17.1. The molecule has 2 saturated heterocycles. The Hall–Kier alpha value is -1.66. The van der Waals surface area contributed by atoms with Crippen molar-refractivity contribution in [2.24, 2.45) is 0 Å². The van der Waals surface area contributed by atoms with Gasteiger partial charge in [-0.1, -0.05) is 11.3 Å². The molecule has 25 heavy (non-hydrogen) atoms. The van der Waals surface area contributed by atoms with Gasteiger partial charge in [-0.2, -0.15) is 0 Å². The molecule has 0 bridgehead atoms. The van der Waals surface area contributed by atoms with Crippen molar-refractivity contribution in [3.05, 3.63) is 23.8 Å². The van der Waals surface area contributed by atoms with Crippen LogP contribution >= 0.6 is 11.3 Å². The van der Waals surface area contributed by atoms with Crippen molar-refractivity contribution in [1.82, 2.24) is 15.2 Å². The first-order chi connectivity index (χ1) is 12.3. The number of aromatic nitrogens is 1. The number of amides is 1. The summed E-state index contributed by atoms with van der Waals surface area (Å²) in [5.74, 6) is 0.0222. The van der Waals surface area contributed by atoms with E-state index in [-0.39, 0.29) is 5.91 Å². The van der Waals surface area contributed by atoms with E-state index in [1.807, 2.05) is 18.2 Å². The van der Waals surface area contributed by atoms with Gasteiger partial charge < -0.3 is 15.1 Å². The van der Waals surface area contributed by atoms with Crippen LogP contribution in [0.3, 0.4) is 0 Å². The number of nitrogens with one attached hydrogen (secondary N) is 1. The van der Waals surface area contributed by atoms with Crippen molar-refractivity contribution in [1.29, 1.82) is 0 Å². The fraction of sp³-hybridized carbons (Fsp3) is 0.579. The predicted octanol–water partition coefficient (Wildman–Crippen LogP) is 3.11. The molecule has 134 valence electrons. The van der Waals surface area contributed by atoms with E-state index in [0.29, 0.717) is 0 Å². The summed E-state index contributed by atoms with van der Waals surface area (Å²) >= 11 is 1.71. The Labute approximate surface area is 153 Å². The molecule has 3 heterocycles. The second-order valence-corrected chi connectivity index (χ2v) is 8.04. The Bertz CT molecular complexity index is 732. The van der Waals surface area contributed by atoms with E-state index in [9.17, 15) is 4.79 Å². The highest BCUT2D eigenvalue weighted by Crippen LogP contribution is 2.31. The van der Waals surface area contributed by atoms with Crippen LogP contribution in [0.15, 0.2) is 18.2 Å². The molecular weight excluding hydrogens is 332 g/mol. The smallest absolute Gasteiger partial charge is 0.251 e. The number of likely N-dealkylation sites (tertiary alicyclic amines) is 1. The fourth-order valence-corrected chi connectivity index (χ4v) is 4.77. The van der Waals surface area contributed by atoms with E-state index in [1.54, 1.807) is 11.3 Å². The van der Waals surface area contributed by atoms with Gasteiger partial charge in [0.25, 0.3) is 5.91 Å². The van der Waals surface area contributed by atoms with Crippen LogP contribution in [0.5, 0.6) is 0 Å². The molecule has 1 aromatic carbocycles. The van der Waals surface area contributed by atoms with Crippen LogP contribution in [0.25, 0.3) is 10.2 Å². The van der Waals surface area contributed by atoms with Gasteiger partial charge in [0, 0.05) is 31.7 Å². The van der Waals surface area contributed by atoms with Crippen LogP contribution in [-0.4, -0.2) is 55.1 Å². The molecule has 1 amide bonds. The van der Waals surface area contributed by atoms with Crippen LogP contribution in [-0.2, 0) is 0 Å². The molecule has 0 spiro atoms. The first-order valence-electron chi connectivity index (χ1n) is 9.46. The van der Waals surface area contributed by atoms with Gasteiger partial charge in [0.15, 0.2) is 5.13 Å². The first kappa shape index (κ1) is 16.8. The Morgan fingerprint density at radius 3 is 2.64 bits per heavy atom. The number of benzene rings is 1. The summed E-state index contributed by atoms with van der Waals surface area (Å²) in [5.41, 5.74) is 1.74. The Morgan fingerprint density at radius 1 is 1.08 bits per heavy atom. The number of piperidine rings is 1. The SMILES string of the molecule is O=C(NCCN1CCCC1)c1ccc2nc(N3CCCCC3)sc2c1. The summed E-state index contributed by atoms with van der Waals surface area (Å²) in [6.07, 6.45) is 6.40. The third-order valence-corrected chi connectivity index (χ3v) is 6.26. The second-order valence-electron chi connectivity index (χ2n) is 7.03. The summed E-state index contributed by atoms with van der Waals surface area (Å²) in [6.45, 7) is 6.21. The van der Waals surface area contributed by atoms with E-state index >= 15 is 0 Å². The van der Waals surface area contributed by atoms with Gasteiger partial charge in [0.2, 0.25) is 0 Å². The Morgan fingerprint density at radius 2 is 1.84 bits per heavy atom. The highest BCUT2D eigenvalue weighted by atomic mass is 32.1. The lowest BCUT2D eigenvalue weighted by Crippen LogP contribution is -2.33.